The second kappa shape index (κ2) is 9.51. The lowest BCUT2D eigenvalue weighted by Gasteiger charge is -2.32. The van der Waals surface area contributed by atoms with Crippen LogP contribution in [0.25, 0.3) is 22.3 Å². The first kappa shape index (κ1) is 24.7. The highest BCUT2D eigenvalue weighted by molar-refractivity contribution is 5.84. The molecule has 34 heavy (non-hydrogen) atoms. The van der Waals surface area contributed by atoms with Gasteiger partial charge >= 0.3 is 6.18 Å². The molecule has 8 nitrogen and oxygen atoms in total. The lowest BCUT2D eigenvalue weighted by molar-refractivity contribution is -0.139. The number of carbonyl (C=O) groups is 1. The summed E-state index contributed by atoms with van der Waals surface area (Å²) >= 11 is 0. The minimum absolute atomic E-state index is 0.0241. The van der Waals surface area contributed by atoms with Crippen molar-refractivity contribution in [2.24, 2.45) is 7.05 Å². The number of halogens is 3. The summed E-state index contributed by atoms with van der Waals surface area (Å²) < 4.78 is 48.5. The maximum Gasteiger partial charge on any atom is 0.419 e. The molecule has 11 heteroatoms. The predicted molar refractivity (Wildman–Crippen MR) is 119 cm³/mol. The van der Waals surface area contributed by atoms with Crippen molar-refractivity contribution >= 4 is 23.7 Å². The minimum Gasteiger partial charge on any atom is -0.493 e. The molecule has 0 atom stereocenters. The number of alkyl halides is 3. The number of fused-ring (bicyclic) bond motifs is 1. The van der Waals surface area contributed by atoms with E-state index in [-0.39, 0.29) is 35.9 Å². The molecule has 0 fully saturated rings. The van der Waals surface area contributed by atoms with Gasteiger partial charge in [-0.1, -0.05) is 0 Å². The number of carbonyl (C=O) groups excluding carboxylic acids is 1. The van der Waals surface area contributed by atoms with Crippen LogP contribution in [0, 0.1) is 16.7 Å². The summed E-state index contributed by atoms with van der Waals surface area (Å²) in [6.45, 7) is 3.50. The van der Waals surface area contributed by atoms with Crippen LogP contribution in [0.3, 0.4) is 0 Å². The Labute approximate surface area is 194 Å². The number of pyridine rings is 1. The number of aromatic nitrogens is 3. The van der Waals surface area contributed by atoms with Gasteiger partial charge in [-0.3, -0.25) is 5.41 Å². The first-order valence-corrected chi connectivity index (χ1v) is 10.3. The molecule has 0 radical (unpaired) electrons. The Kier molecular flexibility index (Phi) is 6.91. The van der Waals surface area contributed by atoms with Gasteiger partial charge in [0.05, 0.1) is 41.6 Å². The van der Waals surface area contributed by atoms with Crippen LogP contribution in [0.2, 0.25) is 0 Å². The van der Waals surface area contributed by atoms with Crippen LogP contribution >= 0.6 is 0 Å². The fraction of sp³-hybridized carbons (Fsp3) is 0.348. The molecular formula is C23H23F3N6O2. The normalized spacial score (nSPS) is 11.8. The van der Waals surface area contributed by atoms with Crippen molar-refractivity contribution in [2.45, 2.75) is 32.0 Å². The van der Waals surface area contributed by atoms with E-state index in [2.05, 4.69) is 9.97 Å². The number of hydrogen-bond donors (Lipinski definition) is 1. The molecule has 0 aliphatic carbocycles. The van der Waals surface area contributed by atoms with Crippen molar-refractivity contribution in [3.63, 3.8) is 0 Å². The number of hydrogen-bond acceptors (Lipinski definition) is 6. The number of ether oxygens (including phenoxy) is 1. The van der Waals surface area contributed by atoms with Crippen molar-refractivity contribution in [1.82, 2.24) is 19.4 Å². The van der Waals surface area contributed by atoms with Gasteiger partial charge in [-0.15, -0.1) is 0 Å². The zero-order chi connectivity index (χ0) is 25.1. The second-order valence-corrected chi connectivity index (χ2v) is 8.20. The summed E-state index contributed by atoms with van der Waals surface area (Å²) in [6, 6.07) is 7.14. The van der Waals surface area contributed by atoms with E-state index in [1.165, 1.54) is 23.4 Å². The summed E-state index contributed by atoms with van der Waals surface area (Å²) in [5.74, 6) is -0.339. The first-order chi connectivity index (χ1) is 16.0. The van der Waals surface area contributed by atoms with E-state index in [0.717, 1.165) is 12.4 Å². The third-order valence-electron chi connectivity index (χ3n) is 5.38. The molecule has 0 spiro atoms. The number of nitrogens with one attached hydrogen (secondary N) is 1. The summed E-state index contributed by atoms with van der Waals surface area (Å²) in [7, 11) is 1.72. The van der Waals surface area contributed by atoms with Gasteiger partial charge in [-0.05, 0) is 44.5 Å². The SMILES string of the molecule is Cn1cnc2c(C#N)nc(-c3ccc(OCCCN(C=N)C(C)(C)C=O)c(C(F)(F)F)c3)cc21. The minimum atomic E-state index is -4.68. The standard InChI is InChI=1S/C23H23F3N6O2/c1-22(2,12-33)32(13-28)7-4-8-34-20-6-5-15(9-16(20)23(24,25)26)17-10-19-21(18(11-27)30-17)29-14-31(19)3/h5-6,9-10,12-14,28H,4,7-8H2,1-3H3. The zero-order valence-electron chi connectivity index (χ0n) is 18.8. The van der Waals surface area contributed by atoms with E-state index in [1.807, 2.05) is 6.07 Å². The topological polar surface area (TPSA) is 108 Å². The Morgan fingerprint density at radius 2 is 2.03 bits per heavy atom. The Morgan fingerprint density at radius 3 is 2.65 bits per heavy atom. The first-order valence-electron chi connectivity index (χ1n) is 10.3. The van der Waals surface area contributed by atoms with Crippen LogP contribution in [0.1, 0.15) is 31.5 Å². The summed E-state index contributed by atoms with van der Waals surface area (Å²) in [5, 5.41) is 16.8. The highest BCUT2D eigenvalue weighted by Gasteiger charge is 2.35. The van der Waals surface area contributed by atoms with E-state index in [9.17, 15) is 23.2 Å². The fourth-order valence-electron chi connectivity index (χ4n) is 3.39. The van der Waals surface area contributed by atoms with E-state index < -0.39 is 17.3 Å². The molecule has 0 aliphatic rings. The maximum atomic E-state index is 13.8. The Morgan fingerprint density at radius 1 is 1.29 bits per heavy atom. The van der Waals surface area contributed by atoms with Crippen LogP contribution in [-0.2, 0) is 18.0 Å². The molecular weight excluding hydrogens is 449 g/mol. The Bertz CT molecular complexity index is 1260. The summed E-state index contributed by atoms with van der Waals surface area (Å²) in [5.41, 5.74) is -0.496. The number of nitriles is 1. The van der Waals surface area contributed by atoms with E-state index >= 15 is 0 Å². The molecule has 2 aromatic heterocycles. The third-order valence-corrected chi connectivity index (χ3v) is 5.38. The molecule has 0 bridgehead atoms. The average Bonchev–Trinajstić information content (AvgIpc) is 3.18. The maximum absolute atomic E-state index is 13.8. The van der Waals surface area contributed by atoms with Gasteiger partial charge in [0.2, 0.25) is 0 Å². The van der Waals surface area contributed by atoms with Gasteiger partial charge < -0.3 is 19.0 Å². The number of aryl methyl sites for hydroxylation is 1. The Hall–Kier alpha value is -3.94. The average molecular weight is 472 g/mol. The molecule has 0 saturated heterocycles. The molecule has 0 aliphatic heterocycles. The molecule has 0 amide bonds. The molecule has 2 heterocycles. The number of imidazole rings is 1. The van der Waals surface area contributed by atoms with Gasteiger partial charge in [-0.25, -0.2) is 9.97 Å². The lowest BCUT2D eigenvalue weighted by Crippen LogP contribution is -2.45. The van der Waals surface area contributed by atoms with Crippen LogP contribution in [0.15, 0.2) is 30.6 Å². The van der Waals surface area contributed by atoms with Crippen LogP contribution < -0.4 is 4.74 Å². The smallest absolute Gasteiger partial charge is 0.419 e. The fourth-order valence-corrected chi connectivity index (χ4v) is 3.39. The Balaban J connectivity index is 1.86. The monoisotopic (exact) mass is 472 g/mol. The number of benzene rings is 1. The molecule has 3 rings (SSSR count). The lowest BCUT2D eigenvalue weighted by atomic mass is 10.0. The molecule has 1 aromatic carbocycles. The summed E-state index contributed by atoms with van der Waals surface area (Å²) in [4.78, 5) is 21.0. The van der Waals surface area contributed by atoms with Gasteiger partial charge in [0.15, 0.2) is 5.69 Å². The van der Waals surface area contributed by atoms with Crippen molar-refractivity contribution in [2.75, 3.05) is 13.2 Å². The molecule has 178 valence electrons. The van der Waals surface area contributed by atoms with Gasteiger partial charge in [-0.2, -0.15) is 18.4 Å². The van der Waals surface area contributed by atoms with E-state index in [4.69, 9.17) is 10.1 Å². The predicted octanol–water partition coefficient (Wildman–Crippen LogP) is 4.18. The molecule has 0 unspecified atom stereocenters. The van der Waals surface area contributed by atoms with Crippen LogP contribution in [0.4, 0.5) is 13.2 Å². The van der Waals surface area contributed by atoms with Crippen molar-refractivity contribution in [3.8, 4) is 23.1 Å². The highest BCUT2D eigenvalue weighted by Crippen LogP contribution is 2.39. The van der Waals surface area contributed by atoms with Gasteiger partial charge in [0.1, 0.15) is 23.6 Å². The molecule has 3 aromatic rings. The van der Waals surface area contributed by atoms with E-state index in [1.54, 1.807) is 31.5 Å². The van der Waals surface area contributed by atoms with Crippen molar-refractivity contribution < 1.29 is 22.7 Å². The zero-order valence-corrected chi connectivity index (χ0v) is 18.8. The summed E-state index contributed by atoms with van der Waals surface area (Å²) in [6.07, 6.45) is -1.15. The molecule has 1 N–H and O–H groups in total. The van der Waals surface area contributed by atoms with Gasteiger partial charge in [0.25, 0.3) is 0 Å². The number of nitrogens with zero attached hydrogens (tertiary/aromatic N) is 5. The number of aldehydes is 1. The van der Waals surface area contributed by atoms with E-state index in [0.29, 0.717) is 23.7 Å². The second-order valence-electron chi connectivity index (χ2n) is 8.20. The van der Waals surface area contributed by atoms with Crippen molar-refractivity contribution in [3.05, 3.63) is 41.9 Å². The molecule has 0 saturated carbocycles. The quantitative estimate of drug-likeness (QED) is 0.217. The highest BCUT2D eigenvalue weighted by atomic mass is 19.4. The largest absolute Gasteiger partial charge is 0.493 e. The van der Waals surface area contributed by atoms with Crippen LogP contribution in [0.5, 0.6) is 5.75 Å². The van der Waals surface area contributed by atoms with Gasteiger partial charge in [0, 0.05) is 19.2 Å². The third kappa shape index (κ3) is 5.01. The van der Waals surface area contributed by atoms with Crippen molar-refractivity contribution in [1.29, 1.82) is 10.7 Å². The van der Waals surface area contributed by atoms with Crippen LogP contribution in [-0.4, -0.2) is 50.8 Å². The number of rotatable bonds is 9.